The molecule has 47 heavy (non-hydrogen) atoms. The van der Waals surface area contributed by atoms with Gasteiger partial charge in [-0.25, -0.2) is 0 Å². The largest absolute Gasteiger partial charge is 0.376 e. The zero-order chi connectivity index (χ0) is 32.3. The summed E-state index contributed by atoms with van der Waals surface area (Å²) >= 11 is 6.71. The third-order valence-corrected chi connectivity index (χ3v) is 11.1. The Labute approximate surface area is 284 Å². The molecule has 1 aliphatic carbocycles. The van der Waals surface area contributed by atoms with Gasteiger partial charge in [0.2, 0.25) is 5.91 Å². The highest BCUT2D eigenvalue weighted by atomic mass is 35.5. The van der Waals surface area contributed by atoms with Crippen molar-refractivity contribution in [3.05, 3.63) is 112 Å². The molecule has 2 unspecified atom stereocenters. The number of likely N-dealkylation sites (N-methyl/N-ethyl adjacent to an activating group) is 1. The Hall–Kier alpha value is -3.81. The van der Waals surface area contributed by atoms with Crippen LogP contribution < -0.4 is 15.5 Å². The summed E-state index contributed by atoms with van der Waals surface area (Å²) in [5.41, 5.74) is 8.26. The molecule has 1 saturated heterocycles. The lowest BCUT2D eigenvalue weighted by Crippen LogP contribution is -2.57. The molecule has 0 aromatic heterocycles. The van der Waals surface area contributed by atoms with Gasteiger partial charge in [0.25, 0.3) is 5.91 Å². The molecule has 8 heteroatoms. The summed E-state index contributed by atoms with van der Waals surface area (Å²) < 4.78 is 0. The number of nitrogens with zero attached hydrogens (tertiary/aromatic N) is 3. The van der Waals surface area contributed by atoms with Crippen LogP contribution in [0.25, 0.3) is 0 Å². The number of fused-ring (bicyclic) bond motifs is 2. The Morgan fingerprint density at radius 2 is 1.60 bits per heavy atom. The number of hydrogen-bond donors (Lipinski definition) is 2. The van der Waals surface area contributed by atoms with Gasteiger partial charge in [0.15, 0.2) is 0 Å². The molecule has 1 saturated carbocycles. The number of alkyl halides is 1. The molecule has 0 radical (unpaired) electrons. The van der Waals surface area contributed by atoms with Gasteiger partial charge in [-0.3, -0.25) is 9.59 Å². The van der Waals surface area contributed by atoms with Crippen LogP contribution in [0.15, 0.2) is 90.1 Å². The van der Waals surface area contributed by atoms with E-state index in [-0.39, 0.29) is 29.3 Å². The molecule has 3 aliphatic heterocycles. The van der Waals surface area contributed by atoms with Crippen molar-refractivity contribution in [1.82, 2.24) is 20.4 Å². The molecule has 2 amide bonds. The lowest BCUT2D eigenvalue weighted by Gasteiger charge is -2.44. The Kier molecular flexibility index (Phi) is 9.55. The van der Waals surface area contributed by atoms with Crippen molar-refractivity contribution in [3.63, 3.8) is 0 Å². The fourth-order valence-corrected chi connectivity index (χ4v) is 8.28. The van der Waals surface area contributed by atoms with Gasteiger partial charge in [-0.05, 0) is 78.8 Å². The summed E-state index contributed by atoms with van der Waals surface area (Å²) in [7, 11) is 1.88. The number of piperazine rings is 1. The van der Waals surface area contributed by atoms with Crippen molar-refractivity contribution in [2.24, 2.45) is 5.92 Å². The van der Waals surface area contributed by atoms with E-state index in [2.05, 4.69) is 51.9 Å². The van der Waals surface area contributed by atoms with Gasteiger partial charge in [-0.2, -0.15) is 0 Å². The topological polar surface area (TPSA) is 67.9 Å². The maximum Gasteiger partial charge on any atom is 0.255 e. The third kappa shape index (κ3) is 6.93. The molecular weight excluding hydrogens is 606 g/mol. The predicted molar refractivity (Wildman–Crippen MR) is 189 cm³/mol. The van der Waals surface area contributed by atoms with Gasteiger partial charge in [-0.1, -0.05) is 66.7 Å². The molecule has 4 atom stereocenters. The van der Waals surface area contributed by atoms with Crippen molar-refractivity contribution in [2.45, 2.75) is 62.5 Å². The van der Waals surface area contributed by atoms with E-state index in [1.165, 1.54) is 28.0 Å². The van der Waals surface area contributed by atoms with E-state index < -0.39 is 0 Å². The van der Waals surface area contributed by atoms with Crippen LogP contribution in [-0.4, -0.2) is 78.8 Å². The lowest BCUT2D eigenvalue weighted by atomic mass is 9.74. The summed E-state index contributed by atoms with van der Waals surface area (Å²) in [4.78, 5) is 33.8. The van der Waals surface area contributed by atoms with Crippen LogP contribution in [0.3, 0.4) is 0 Å². The van der Waals surface area contributed by atoms with E-state index in [9.17, 15) is 9.59 Å². The van der Waals surface area contributed by atoms with Crippen LogP contribution in [0.5, 0.6) is 0 Å². The number of carbonyl (C=O) groups is 2. The smallest absolute Gasteiger partial charge is 0.255 e. The SMILES string of the molecule is CN(CCc1ccccc1)C(=O)c1ccccc1N1CCN(C(=O)[C@H]2CC3CCC(Cl)CC3=C([C@@H]3Cc4ccccc4CN3)N2)CC1. The minimum atomic E-state index is -0.233. The second-order valence-corrected chi connectivity index (χ2v) is 14.3. The van der Waals surface area contributed by atoms with Gasteiger partial charge in [0.05, 0.1) is 11.6 Å². The van der Waals surface area contributed by atoms with E-state index in [4.69, 9.17) is 11.6 Å². The summed E-state index contributed by atoms with van der Waals surface area (Å²) in [6, 6.07) is 26.8. The van der Waals surface area contributed by atoms with Crippen LogP contribution in [0.2, 0.25) is 0 Å². The average molecular weight is 652 g/mol. The molecular formula is C39H46ClN5O2. The van der Waals surface area contributed by atoms with Gasteiger partial charge in [0.1, 0.15) is 6.04 Å². The molecule has 0 bridgehead atoms. The zero-order valence-corrected chi connectivity index (χ0v) is 28.1. The van der Waals surface area contributed by atoms with Crippen molar-refractivity contribution in [2.75, 3.05) is 44.7 Å². The molecule has 2 fully saturated rings. The van der Waals surface area contributed by atoms with Gasteiger partial charge in [0, 0.05) is 63.1 Å². The maximum atomic E-state index is 14.1. The monoisotopic (exact) mass is 651 g/mol. The fourth-order valence-electron chi connectivity index (χ4n) is 7.99. The van der Waals surface area contributed by atoms with Crippen molar-refractivity contribution in [3.8, 4) is 0 Å². The maximum absolute atomic E-state index is 14.1. The normalized spacial score (nSPS) is 24.2. The first-order chi connectivity index (χ1) is 22.9. The second-order valence-electron chi connectivity index (χ2n) is 13.6. The zero-order valence-electron chi connectivity index (χ0n) is 27.3. The number of carbonyl (C=O) groups excluding carboxylic acids is 2. The molecule has 3 heterocycles. The fraction of sp³-hybridized carbons (Fsp3) is 0.436. The summed E-state index contributed by atoms with van der Waals surface area (Å²) in [5, 5.41) is 7.71. The standard InChI is InChI=1S/C39H46ClN5O2/c1-43(18-17-27-9-3-2-4-10-27)38(46)32-13-7-8-14-36(32)44-19-21-45(22-20-44)39(47)35-24-29-15-16-31(40)25-33(29)37(42-35)34-23-28-11-5-6-12-30(28)26-41-34/h2-14,29,31,34-35,41-42H,15-26H2,1H3/t29?,31?,34-,35+/m0/s1. The Morgan fingerprint density at radius 3 is 2.40 bits per heavy atom. The molecule has 2 N–H and O–H groups in total. The van der Waals surface area contributed by atoms with Crippen molar-refractivity contribution >= 4 is 29.1 Å². The Balaban J connectivity index is 1.01. The molecule has 7 rings (SSSR count). The van der Waals surface area contributed by atoms with Crippen molar-refractivity contribution < 1.29 is 9.59 Å². The van der Waals surface area contributed by atoms with Gasteiger partial charge in [-0.15, -0.1) is 11.6 Å². The highest BCUT2D eigenvalue weighted by Crippen LogP contribution is 2.41. The van der Waals surface area contributed by atoms with Crippen LogP contribution in [0.1, 0.15) is 52.7 Å². The molecule has 0 spiro atoms. The van der Waals surface area contributed by atoms with E-state index in [0.29, 0.717) is 38.6 Å². The van der Waals surface area contributed by atoms with Crippen molar-refractivity contribution in [1.29, 1.82) is 0 Å². The summed E-state index contributed by atoms with van der Waals surface area (Å²) in [6.07, 6.45) is 5.51. The van der Waals surface area contributed by atoms with E-state index >= 15 is 0 Å². The number of para-hydroxylation sites is 1. The van der Waals surface area contributed by atoms with Crippen LogP contribution >= 0.6 is 11.6 Å². The second kappa shape index (κ2) is 14.1. The van der Waals surface area contributed by atoms with E-state index in [0.717, 1.165) is 56.3 Å². The third-order valence-electron chi connectivity index (χ3n) is 10.7. The number of anilines is 1. The van der Waals surface area contributed by atoms with Crippen LogP contribution in [-0.2, 0) is 24.2 Å². The van der Waals surface area contributed by atoms with Gasteiger partial charge >= 0.3 is 0 Å². The number of halogens is 1. The predicted octanol–water partition coefficient (Wildman–Crippen LogP) is 5.39. The highest BCUT2D eigenvalue weighted by Gasteiger charge is 2.40. The van der Waals surface area contributed by atoms with E-state index in [1.807, 2.05) is 59.3 Å². The van der Waals surface area contributed by atoms with Gasteiger partial charge < -0.3 is 25.3 Å². The minimum absolute atomic E-state index is 0.0298. The van der Waals surface area contributed by atoms with Crippen LogP contribution in [0.4, 0.5) is 5.69 Å². The molecule has 246 valence electrons. The molecule has 7 nitrogen and oxygen atoms in total. The average Bonchev–Trinajstić information content (AvgIpc) is 3.13. The highest BCUT2D eigenvalue weighted by molar-refractivity contribution is 6.20. The minimum Gasteiger partial charge on any atom is -0.376 e. The Morgan fingerprint density at radius 1 is 0.872 bits per heavy atom. The number of hydrogen-bond acceptors (Lipinski definition) is 5. The van der Waals surface area contributed by atoms with E-state index in [1.54, 1.807) is 0 Å². The first kappa shape index (κ1) is 31.8. The molecule has 4 aliphatic rings. The Bertz CT molecular complexity index is 1620. The summed E-state index contributed by atoms with van der Waals surface area (Å²) in [6.45, 7) is 4.16. The summed E-state index contributed by atoms with van der Waals surface area (Å²) in [5.74, 6) is 0.616. The van der Waals surface area contributed by atoms with Crippen LogP contribution in [0, 0.1) is 5.92 Å². The number of allylic oxidation sites excluding steroid dienone is 1. The number of amides is 2. The molecule has 3 aromatic rings. The molecule has 3 aromatic carbocycles. The first-order valence-corrected chi connectivity index (χ1v) is 17.7. The lowest BCUT2D eigenvalue weighted by molar-refractivity contribution is -0.134. The number of rotatable bonds is 7. The quantitative estimate of drug-likeness (QED) is 0.336. The first-order valence-electron chi connectivity index (χ1n) is 17.3. The number of nitrogens with one attached hydrogen (secondary N) is 2. The number of benzene rings is 3.